The second kappa shape index (κ2) is 5.65. The van der Waals surface area contributed by atoms with Crippen LogP contribution in [0.3, 0.4) is 0 Å². The van der Waals surface area contributed by atoms with Crippen molar-refractivity contribution in [3.63, 3.8) is 0 Å². The maximum atomic E-state index is 12.4. The lowest BCUT2D eigenvalue weighted by Crippen LogP contribution is -2.25. The Morgan fingerprint density at radius 3 is 2.35 bits per heavy atom. The number of H-pyrrole nitrogens is 2. The van der Waals surface area contributed by atoms with Gasteiger partial charge < -0.3 is 15.3 Å². The average Bonchev–Trinajstić information content (AvgIpc) is 3.19. The number of nitrogens with one attached hydrogen (secondary N) is 3. The fourth-order valence-corrected chi connectivity index (χ4v) is 3.00. The van der Waals surface area contributed by atoms with E-state index in [0.717, 1.165) is 22.8 Å². The quantitative estimate of drug-likeness (QED) is 0.530. The zero-order valence-corrected chi connectivity index (χ0v) is 12.6. The Balaban J connectivity index is 1.46. The van der Waals surface area contributed by atoms with Crippen LogP contribution in [0.25, 0.3) is 21.8 Å². The largest absolute Gasteiger partial charge is 0.361 e. The Morgan fingerprint density at radius 1 is 0.870 bits per heavy atom. The molecule has 4 heteroatoms. The summed E-state index contributed by atoms with van der Waals surface area (Å²) in [5.74, 6) is -0.0395. The molecule has 4 nitrogen and oxygen atoms in total. The molecule has 2 aromatic heterocycles. The summed E-state index contributed by atoms with van der Waals surface area (Å²) >= 11 is 0. The fraction of sp³-hybridized carbons (Fsp3) is 0.105. The molecule has 0 spiro atoms. The van der Waals surface area contributed by atoms with Crippen molar-refractivity contribution in [1.82, 2.24) is 15.3 Å². The Kier molecular flexibility index (Phi) is 3.35. The maximum absolute atomic E-state index is 12.4. The van der Waals surface area contributed by atoms with Crippen LogP contribution in [0.5, 0.6) is 0 Å². The molecule has 0 fully saturated rings. The van der Waals surface area contributed by atoms with Crippen molar-refractivity contribution in [3.8, 4) is 0 Å². The minimum atomic E-state index is -0.0395. The monoisotopic (exact) mass is 303 g/mol. The van der Waals surface area contributed by atoms with Gasteiger partial charge in [-0.25, -0.2) is 0 Å². The molecule has 2 aromatic carbocycles. The first kappa shape index (κ1) is 13.6. The van der Waals surface area contributed by atoms with E-state index in [-0.39, 0.29) is 5.91 Å². The third-order valence-electron chi connectivity index (χ3n) is 4.19. The molecule has 1 amide bonds. The summed E-state index contributed by atoms with van der Waals surface area (Å²) in [5, 5.41) is 5.18. The van der Waals surface area contributed by atoms with E-state index in [2.05, 4.69) is 27.4 Å². The van der Waals surface area contributed by atoms with Gasteiger partial charge in [0.05, 0.1) is 5.56 Å². The number of hydrogen-bond acceptors (Lipinski definition) is 1. The lowest BCUT2D eigenvalue weighted by Gasteiger charge is -2.04. The summed E-state index contributed by atoms with van der Waals surface area (Å²) in [6.07, 6.45) is 4.59. The predicted molar refractivity (Wildman–Crippen MR) is 92.6 cm³/mol. The van der Waals surface area contributed by atoms with Gasteiger partial charge in [0, 0.05) is 40.7 Å². The SMILES string of the molecule is O=C(NCCc1c[nH]c2ccccc12)c1c[nH]c2ccccc12. The topological polar surface area (TPSA) is 60.7 Å². The molecule has 4 aromatic rings. The number of hydrogen-bond donors (Lipinski definition) is 3. The smallest absolute Gasteiger partial charge is 0.253 e. The Morgan fingerprint density at radius 2 is 1.52 bits per heavy atom. The number of benzene rings is 2. The summed E-state index contributed by atoms with van der Waals surface area (Å²) in [6, 6.07) is 16.0. The Bertz CT molecular complexity index is 980. The van der Waals surface area contributed by atoms with Gasteiger partial charge >= 0.3 is 0 Å². The number of fused-ring (bicyclic) bond motifs is 2. The summed E-state index contributed by atoms with van der Waals surface area (Å²) < 4.78 is 0. The van der Waals surface area contributed by atoms with Crippen LogP contribution in [0.4, 0.5) is 0 Å². The van der Waals surface area contributed by atoms with Crippen LogP contribution in [0.15, 0.2) is 60.9 Å². The van der Waals surface area contributed by atoms with Gasteiger partial charge in [0.1, 0.15) is 0 Å². The number of para-hydroxylation sites is 2. The molecule has 0 aliphatic heterocycles. The molecular weight excluding hydrogens is 286 g/mol. The summed E-state index contributed by atoms with van der Waals surface area (Å²) in [6.45, 7) is 0.611. The van der Waals surface area contributed by atoms with Gasteiger partial charge in [-0.1, -0.05) is 36.4 Å². The molecule has 0 unspecified atom stereocenters. The third-order valence-corrected chi connectivity index (χ3v) is 4.19. The van der Waals surface area contributed by atoms with Crippen LogP contribution in [-0.4, -0.2) is 22.4 Å². The summed E-state index contributed by atoms with van der Waals surface area (Å²) in [4.78, 5) is 18.8. The van der Waals surface area contributed by atoms with E-state index in [1.54, 1.807) is 6.20 Å². The standard InChI is InChI=1S/C19H17N3O/c23-19(16-12-22-18-8-4-2-6-15(16)18)20-10-9-13-11-21-17-7-3-1-5-14(13)17/h1-8,11-12,21-22H,9-10H2,(H,20,23). The fourth-order valence-electron chi connectivity index (χ4n) is 3.00. The second-order valence-corrected chi connectivity index (χ2v) is 5.61. The van der Waals surface area contributed by atoms with Crippen molar-refractivity contribution in [2.75, 3.05) is 6.54 Å². The normalized spacial score (nSPS) is 11.1. The van der Waals surface area contributed by atoms with Crippen LogP contribution in [0, 0.1) is 0 Å². The highest BCUT2D eigenvalue weighted by molar-refractivity contribution is 6.06. The van der Waals surface area contributed by atoms with Gasteiger partial charge in [-0.05, 0) is 24.1 Å². The Labute approximate surface area is 133 Å². The van der Waals surface area contributed by atoms with Crippen molar-refractivity contribution in [2.45, 2.75) is 6.42 Å². The predicted octanol–water partition coefficient (Wildman–Crippen LogP) is 3.62. The minimum absolute atomic E-state index is 0.0395. The molecule has 0 aliphatic carbocycles. The van der Waals surface area contributed by atoms with Crippen molar-refractivity contribution < 1.29 is 4.79 Å². The number of aromatic nitrogens is 2. The lowest BCUT2D eigenvalue weighted by atomic mass is 10.1. The van der Waals surface area contributed by atoms with Crippen LogP contribution in [0.1, 0.15) is 15.9 Å². The summed E-state index contributed by atoms with van der Waals surface area (Å²) in [7, 11) is 0. The van der Waals surface area contributed by atoms with Crippen molar-refractivity contribution in [1.29, 1.82) is 0 Å². The van der Waals surface area contributed by atoms with Gasteiger partial charge in [0.15, 0.2) is 0 Å². The maximum Gasteiger partial charge on any atom is 0.253 e. The number of aromatic amines is 2. The number of rotatable bonds is 4. The zero-order valence-electron chi connectivity index (χ0n) is 12.6. The highest BCUT2D eigenvalue weighted by atomic mass is 16.1. The van der Waals surface area contributed by atoms with E-state index in [4.69, 9.17) is 0 Å². The van der Waals surface area contributed by atoms with Gasteiger partial charge in [0.25, 0.3) is 5.91 Å². The molecule has 0 saturated carbocycles. The van der Waals surface area contributed by atoms with Crippen molar-refractivity contribution in [3.05, 3.63) is 72.1 Å². The molecule has 0 bridgehead atoms. The molecule has 0 aliphatic rings. The first-order chi connectivity index (χ1) is 11.3. The molecule has 2 heterocycles. The molecule has 0 saturated heterocycles. The van der Waals surface area contributed by atoms with Gasteiger partial charge in [-0.15, -0.1) is 0 Å². The second-order valence-electron chi connectivity index (χ2n) is 5.61. The van der Waals surface area contributed by atoms with Crippen LogP contribution in [-0.2, 0) is 6.42 Å². The van der Waals surface area contributed by atoms with E-state index in [0.29, 0.717) is 12.1 Å². The van der Waals surface area contributed by atoms with Gasteiger partial charge in [-0.2, -0.15) is 0 Å². The van der Waals surface area contributed by atoms with Crippen molar-refractivity contribution in [2.24, 2.45) is 0 Å². The first-order valence-electron chi connectivity index (χ1n) is 7.72. The molecule has 4 rings (SSSR count). The number of amides is 1. The highest BCUT2D eigenvalue weighted by Gasteiger charge is 2.11. The average molecular weight is 303 g/mol. The molecule has 23 heavy (non-hydrogen) atoms. The Hall–Kier alpha value is -3.01. The molecule has 0 atom stereocenters. The van der Waals surface area contributed by atoms with Crippen LogP contribution < -0.4 is 5.32 Å². The first-order valence-corrected chi connectivity index (χ1v) is 7.72. The van der Waals surface area contributed by atoms with E-state index >= 15 is 0 Å². The highest BCUT2D eigenvalue weighted by Crippen LogP contribution is 2.19. The number of carbonyl (C=O) groups is 1. The summed E-state index contributed by atoms with van der Waals surface area (Å²) in [5.41, 5.74) is 4.03. The number of carbonyl (C=O) groups excluding carboxylic acids is 1. The molecule has 114 valence electrons. The van der Waals surface area contributed by atoms with E-state index in [9.17, 15) is 4.79 Å². The van der Waals surface area contributed by atoms with E-state index in [1.165, 1.54) is 10.9 Å². The molecular formula is C19H17N3O. The minimum Gasteiger partial charge on any atom is -0.361 e. The van der Waals surface area contributed by atoms with Crippen LogP contribution in [0.2, 0.25) is 0 Å². The zero-order chi connectivity index (χ0) is 15.6. The van der Waals surface area contributed by atoms with E-state index < -0.39 is 0 Å². The van der Waals surface area contributed by atoms with Crippen molar-refractivity contribution >= 4 is 27.7 Å². The molecule has 0 radical (unpaired) electrons. The third kappa shape index (κ3) is 2.48. The van der Waals surface area contributed by atoms with Gasteiger partial charge in [0.2, 0.25) is 0 Å². The lowest BCUT2D eigenvalue weighted by molar-refractivity contribution is 0.0956. The van der Waals surface area contributed by atoms with E-state index in [1.807, 2.05) is 42.6 Å². The molecule has 3 N–H and O–H groups in total. The van der Waals surface area contributed by atoms with Crippen LogP contribution >= 0.6 is 0 Å². The van der Waals surface area contributed by atoms with Gasteiger partial charge in [-0.3, -0.25) is 4.79 Å².